The Hall–Kier alpha value is -2.32. The Kier molecular flexibility index (Phi) is 6.75. The smallest absolute Gasteiger partial charge is 0.0984 e. The number of hydrogen-bond donors (Lipinski definition) is 0. The van der Waals surface area contributed by atoms with Crippen molar-refractivity contribution in [3.05, 3.63) is 109 Å². The fourth-order valence-electron chi connectivity index (χ4n) is 3.61. The van der Waals surface area contributed by atoms with Crippen molar-refractivity contribution in [1.29, 1.82) is 0 Å². The number of benzene rings is 4. The van der Waals surface area contributed by atoms with Crippen LogP contribution >= 0.6 is 0 Å². The van der Waals surface area contributed by atoms with E-state index in [9.17, 15) is 0 Å². The monoisotopic (exact) mass is 365 g/mol. The van der Waals surface area contributed by atoms with Gasteiger partial charge in [0.1, 0.15) is 7.85 Å². The summed E-state index contributed by atoms with van der Waals surface area (Å²) in [5.41, 5.74) is 8.52. The van der Waals surface area contributed by atoms with Crippen LogP contribution in [0.4, 0.5) is 0 Å². The second-order valence-corrected chi connectivity index (χ2v) is 6.48. The van der Waals surface area contributed by atoms with Crippen LogP contribution in [0.15, 0.2) is 104 Å². The summed E-state index contributed by atoms with van der Waals surface area (Å²) in [6, 6.07) is 33.1. The average molecular weight is 365 g/mol. The van der Waals surface area contributed by atoms with Gasteiger partial charge in [0.05, 0.1) is 0 Å². The molecule has 0 unspecified atom stereocenters. The van der Waals surface area contributed by atoms with Gasteiger partial charge in [-0.05, 0) is 38.9 Å². The summed E-state index contributed by atoms with van der Waals surface area (Å²) in [5, 5.41) is 0. The second-order valence-electron chi connectivity index (χ2n) is 6.48. The fourth-order valence-corrected chi connectivity index (χ4v) is 3.61. The van der Waals surface area contributed by atoms with E-state index in [2.05, 4.69) is 61.2 Å². The zero-order chi connectivity index (χ0) is 18.6. The van der Waals surface area contributed by atoms with Crippen molar-refractivity contribution in [2.24, 2.45) is 0 Å². The molecule has 0 nitrogen and oxygen atoms in total. The molecule has 0 atom stereocenters. The van der Waals surface area contributed by atoms with Crippen LogP contribution in [0.1, 0.15) is 5.56 Å². The largest absolute Gasteiger partial charge is 0.114 e. The predicted molar refractivity (Wildman–Crippen MR) is 124 cm³/mol. The Morgan fingerprint density at radius 1 is 0.607 bits per heavy atom. The molecule has 2 heteroatoms. The number of rotatable bonds is 4. The van der Waals surface area contributed by atoms with E-state index < -0.39 is 0 Å². The molecule has 0 saturated heterocycles. The molecular formula is C26H19BNa. The van der Waals surface area contributed by atoms with Gasteiger partial charge in [-0.25, -0.2) is 0 Å². The molecule has 0 fully saturated rings. The van der Waals surface area contributed by atoms with Crippen molar-refractivity contribution in [2.45, 2.75) is 0 Å². The van der Waals surface area contributed by atoms with Gasteiger partial charge in [0.15, 0.2) is 0 Å². The molecule has 0 saturated carbocycles. The number of hydrogen-bond acceptors (Lipinski definition) is 0. The van der Waals surface area contributed by atoms with Gasteiger partial charge in [-0.1, -0.05) is 115 Å². The summed E-state index contributed by atoms with van der Waals surface area (Å²) >= 11 is 0. The first-order valence-electron chi connectivity index (χ1n) is 9.04. The molecule has 0 N–H and O–H groups in total. The zero-order valence-corrected chi connectivity index (χ0v) is 18.1. The summed E-state index contributed by atoms with van der Waals surface area (Å²) in [6.45, 7) is 4.13. The van der Waals surface area contributed by atoms with Crippen molar-refractivity contribution in [1.82, 2.24) is 0 Å². The molecule has 0 heterocycles. The van der Waals surface area contributed by atoms with Crippen molar-refractivity contribution >= 4 is 48.9 Å². The summed E-state index contributed by atoms with van der Waals surface area (Å²) in [5.74, 6) is 0. The molecule has 28 heavy (non-hydrogen) atoms. The minimum absolute atomic E-state index is 0. The average Bonchev–Trinajstić information content (AvgIpc) is 2.75. The van der Waals surface area contributed by atoms with E-state index in [1.54, 1.807) is 0 Å². The third-order valence-corrected chi connectivity index (χ3v) is 4.81. The fraction of sp³-hybridized carbons (Fsp3) is 0. The quantitative estimate of drug-likeness (QED) is 0.405. The normalized spacial score (nSPS) is 10.1. The van der Waals surface area contributed by atoms with E-state index in [0.29, 0.717) is 0 Å². The maximum atomic E-state index is 6.62. The van der Waals surface area contributed by atoms with Crippen LogP contribution in [-0.4, -0.2) is 37.4 Å². The van der Waals surface area contributed by atoms with E-state index in [1.807, 2.05) is 48.5 Å². The molecule has 4 aromatic carbocycles. The van der Waals surface area contributed by atoms with Crippen LogP contribution in [0.5, 0.6) is 0 Å². The first-order valence-corrected chi connectivity index (χ1v) is 9.04. The van der Waals surface area contributed by atoms with E-state index in [-0.39, 0.29) is 29.6 Å². The maximum absolute atomic E-state index is 6.62. The molecule has 0 aliphatic carbocycles. The third kappa shape index (κ3) is 3.93. The van der Waals surface area contributed by atoms with E-state index in [0.717, 1.165) is 44.4 Å². The Balaban J connectivity index is 0.00000225. The summed E-state index contributed by atoms with van der Waals surface area (Å²) in [7, 11) is 6.62. The Bertz CT molecular complexity index is 1070. The first-order chi connectivity index (χ1) is 13.3. The van der Waals surface area contributed by atoms with Crippen molar-refractivity contribution in [3.8, 4) is 33.4 Å². The molecular weight excluding hydrogens is 346 g/mol. The van der Waals surface area contributed by atoms with Crippen molar-refractivity contribution in [2.75, 3.05) is 0 Å². The molecule has 0 aliphatic rings. The van der Waals surface area contributed by atoms with E-state index >= 15 is 0 Å². The summed E-state index contributed by atoms with van der Waals surface area (Å²) in [4.78, 5) is 0. The van der Waals surface area contributed by atoms with E-state index in [1.165, 1.54) is 0 Å². The van der Waals surface area contributed by atoms with Gasteiger partial charge in [0.2, 0.25) is 0 Å². The van der Waals surface area contributed by atoms with Crippen molar-refractivity contribution < 1.29 is 0 Å². The molecule has 4 aromatic rings. The van der Waals surface area contributed by atoms with Gasteiger partial charge < -0.3 is 0 Å². The van der Waals surface area contributed by atoms with Gasteiger partial charge >= 0.3 is 0 Å². The van der Waals surface area contributed by atoms with Crippen LogP contribution < -0.4 is 5.46 Å². The van der Waals surface area contributed by atoms with Crippen LogP contribution in [0.25, 0.3) is 39.5 Å². The van der Waals surface area contributed by atoms with Gasteiger partial charge in [-0.2, -0.15) is 0 Å². The molecule has 0 bridgehead atoms. The zero-order valence-electron chi connectivity index (χ0n) is 16.1. The van der Waals surface area contributed by atoms with E-state index in [4.69, 9.17) is 7.85 Å². The SMILES string of the molecule is [B]c1cc(-c2ccccc2)c(C=C)c(-c2ccccc2)c1-c1ccccc1.[Na]. The Labute approximate surface area is 190 Å². The van der Waals surface area contributed by atoms with Crippen LogP contribution in [0.3, 0.4) is 0 Å². The Morgan fingerprint density at radius 3 is 1.50 bits per heavy atom. The standard InChI is InChI=1S/C26H19B.Na/c1-2-22-23(19-12-6-3-7-13-19)18-24(27)26(21-16-10-5-11-17-21)25(22)20-14-8-4-9-15-20;/h2-18H,1H2;. The topological polar surface area (TPSA) is 0 Å². The second kappa shape index (κ2) is 9.25. The predicted octanol–water partition coefficient (Wildman–Crippen LogP) is 5.74. The van der Waals surface area contributed by atoms with Gasteiger partial charge in [-0.3, -0.25) is 0 Å². The Morgan fingerprint density at radius 2 is 1.04 bits per heavy atom. The molecule has 4 rings (SSSR count). The molecule has 127 valence electrons. The first kappa shape index (κ1) is 20.4. The van der Waals surface area contributed by atoms with Crippen molar-refractivity contribution in [3.63, 3.8) is 0 Å². The summed E-state index contributed by atoms with van der Waals surface area (Å²) < 4.78 is 0. The van der Waals surface area contributed by atoms with Crippen LogP contribution in [-0.2, 0) is 0 Å². The minimum Gasteiger partial charge on any atom is -0.0984 e. The molecule has 0 aromatic heterocycles. The maximum Gasteiger partial charge on any atom is 0.114 e. The van der Waals surface area contributed by atoms with Gasteiger partial charge in [0.25, 0.3) is 0 Å². The minimum atomic E-state index is 0. The third-order valence-electron chi connectivity index (χ3n) is 4.81. The molecule has 3 radical (unpaired) electrons. The molecule has 0 amide bonds. The van der Waals surface area contributed by atoms with Crippen LogP contribution in [0.2, 0.25) is 0 Å². The van der Waals surface area contributed by atoms with Gasteiger partial charge in [0, 0.05) is 29.6 Å². The molecule has 0 spiro atoms. The molecule has 0 aliphatic heterocycles. The van der Waals surface area contributed by atoms with Crippen LogP contribution in [0, 0.1) is 0 Å². The van der Waals surface area contributed by atoms with Gasteiger partial charge in [-0.15, -0.1) is 0 Å². The summed E-state index contributed by atoms with van der Waals surface area (Å²) in [6.07, 6.45) is 1.94.